The number of pyridine rings is 1. The third kappa shape index (κ3) is 1.14. The van der Waals surface area contributed by atoms with E-state index in [1.165, 1.54) is 18.2 Å². The van der Waals surface area contributed by atoms with Crippen LogP contribution in [-0.4, -0.2) is 9.38 Å². The lowest BCUT2D eigenvalue weighted by atomic mass is 10.4. The average Bonchev–Trinajstić information content (AvgIpc) is 2.02. The average molecular weight is 179 g/mol. The molecular formula is C8H6FN3O. The van der Waals surface area contributed by atoms with E-state index in [1.807, 2.05) is 0 Å². The van der Waals surface area contributed by atoms with Crippen molar-refractivity contribution in [3.05, 3.63) is 40.6 Å². The molecule has 2 aromatic rings. The van der Waals surface area contributed by atoms with Gasteiger partial charge in [0.2, 0.25) is 5.95 Å². The van der Waals surface area contributed by atoms with Crippen LogP contribution < -0.4 is 11.3 Å². The summed E-state index contributed by atoms with van der Waals surface area (Å²) >= 11 is 0. The van der Waals surface area contributed by atoms with Crippen LogP contribution in [0.2, 0.25) is 0 Å². The summed E-state index contributed by atoms with van der Waals surface area (Å²) in [6.07, 6.45) is 0. The number of rotatable bonds is 0. The van der Waals surface area contributed by atoms with Crippen LogP contribution in [0, 0.1) is 5.95 Å². The molecule has 0 atom stereocenters. The van der Waals surface area contributed by atoms with Crippen molar-refractivity contribution in [3.63, 3.8) is 0 Å². The van der Waals surface area contributed by atoms with Crippen molar-refractivity contribution in [3.8, 4) is 0 Å². The van der Waals surface area contributed by atoms with Crippen LogP contribution in [0.15, 0.2) is 29.1 Å². The van der Waals surface area contributed by atoms with Crippen LogP contribution in [0.3, 0.4) is 0 Å². The van der Waals surface area contributed by atoms with Crippen LogP contribution >= 0.6 is 0 Å². The fourth-order valence-electron chi connectivity index (χ4n) is 1.13. The highest BCUT2D eigenvalue weighted by molar-refractivity contribution is 5.43. The van der Waals surface area contributed by atoms with E-state index in [2.05, 4.69) is 4.98 Å². The Hall–Kier alpha value is -1.91. The molecule has 2 N–H and O–H groups in total. The molecule has 0 bridgehead atoms. The summed E-state index contributed by atoms with van der Waals surface area (Å²) in [5.74, 6) is -0.550. The number of aromatic nitrogens is 2. The van der Waals surface area contributed by atoms with Crippen LogP contribution in [-0.2, 0) is 0 Å². The van der Waals surface area contributed by atoms with Crippen LogP contribution in [0.5, 0.6) is 0 Å². The molecule has 2 rings (SSSR count). The zero-order valence-electron chi connectivity index (χ0n) is 6.57. The Morgan fingerprint density at radius 3 is 3.00 bits per heavy atom. The molecule has 0 aliphatic carbocycles. The summed E-state index contributed by atoms with van der Waals surface area (Å²) in [4.78, 5) is 15.0. The molecule has 0 unspecified atom stereocenters. The summed E-state index contributed by atoms with van der Waals surface area (Å²) in [5.41, 5.74) is 5.03. The Morgan fingerprint density at radius 2 is 2.23 bits per heavy atom. The lowest BCUT2D eigenvalue weighted by Gasteiger charge is -2.00. The fourth-order valence-corrected chi connectivity index (χ4v) is 1.13. The van der Waals surface area contributed by atoms with Gasteiger partial charge in [0.25, 0.3) is 5.56 Å². The monoisotopic (exact) mass is 179 g/mol. The molecule has 0 aliphatic rings. The lowest BCUT2D eigenvalue weighted by molar-refractivity contribution is 0.559. The quantitative estimate of drug-likeness (QED) is 0.596. The highest BCUT2D eigenvalue weighted by Gasteiger charge is 2.02. The van der Waals surface area contributed by atoms with Crippen LogP contribution in [0.25, 0.3) is 5.65 Å². The number of halogens is 1. The van der Waals surface area contributed by atoms with E-state index in [0.29, 0.717) is 0 Å². The summed E-state index contributed by atoms with van der Waals surface area (Å²) in [7, 11) is 0. The predicted molar refractivity (Wildman–Crippen MR) is 45.8 cm³/mol. The highest BCUT2D eigenvalue weighted by Crippen LogP contribution is 2.02. The van der Waals surface area contributed by atoms with E-state index in [-0.39, 0.29) is 11.5 Å². The number of hydrogen-bond donors (Lipinski definition) is 1. The number of nitrogens with zero attached hydrogens (tertiary/aromatic N) is 2. The van der Waals surface area contributed by atoms with Gasteiger partial charge < -0.3 is 5.73 Å². The largest absolute Gasteiger partial charge is 0.383 e. The van der Waals surface area contributed by atoms with E-state index in [4.69, 9.17) is 5.73 Å². The molecular weight excluding hydrogens is 173 g/mol. The van der Waals surface area contributed by atoms with Crippen molar-refractivity contribution >= 4 is 11.5 Å². The highest BCUT2D eigenvalue weighted by atomic mass is 19.1. The first-order valence-corrected chi connectivity index (χ1v) is 3.62. The molecule has 0 saturated carbocycles. The summed E-state index contributed by atoms with van der Waals surface area (Å²) < 4.78 is 13.9. The maximum atomic E-state index is 13.1. The summed E-state index contributed by atoms with van der Waals surface area (Å²) in [5, 5.41) is 0. The SMILES string of the molecule is Nc1cc(=O)n2c(F)cccc2n1. The second-order valence-electron chi connectivity index (χ2n) is 2.56. The number of nitrogen functional groups attached to an aromatic ring is 1. The summed E-state index contributed by atoms with van der Waals surface area (Å²) in [6.45, 7) is 0. The third-order valence-electron chi connectivity index (χ3n) is 1.66. The Labute approximate surface area is 72.4 Å². The lowest BCUT2D eigenvalue weighted by Crippen LogP contribution is -2.17. The van der Waals surface area contributed by atoms with Gasteiger partial charge in [0.1, 0.15) is 11.5 Å². The molecule has 0 fully saturated rings. The Morgan fingerprint density at radius 1 is 1.46 bits per heavy atom. The van der Waals surface area contributed by atoms with Gasteiger partial charge in [-0.25, -0.2) is 9.38 Å². The molecule has 4 nitrogen and oxygen atoms in total. The minimum absolute atomic E-state index is 0.0931. The zero-order chi connectivity index (χ0) is 9.42. The number of fused-ring (bicyclic) bond motifs is 1. The van der Waals surface area contributed by atoms with E-state index in [9.17, 15) is 9.18 Å². The number of anilines is 1. The van der Waals surface area contributed by atoms with Crippen LogP contribution in [0.4, 0.5) is 10.2 Å². The number of hydrogen-bond acceptors (Lipinski definition) is 3. The van der Waals surface area contributed by atoms with Crippen molar-refractivity contribution in [1.29, 1.82) is 0 Å². The molecule has 2 aromatic heterocycles. The van der Waals surface area contributed by atoms with Gasteiger partial charge in [-0.2, -0.15) is 4.39 Å². The van der Waals surface area contributed by atoms with Crippen molar-refractivity contribution < 1.29 is 4.39 Å². The number of nitrogens with two attached hydrogens (primary N) is 1. The Kier molecular flexibility index (Phi) is 1.51. The van der Waals surface area contributed by atoms with Gasteiger partial charge in [0.05, 0.1) is 0 Å². The maximum absolute atomic E-state index is 13.1. The molecule has 0 radical (unpaired) electrons. The Bertz CT molecular complexity index is 520. The van der Waals surface area contributed by atoms with Gasteiger partial charge >= 0.3 is 0 Å². The van der Waals surface area contributed by atoms with Crippen molar-refractivity contribution in [2.75, 3.05) is 5.73 Å². The normalized spacial score (nSPS) is 10.5. The van der Waals surface area contributed by atoms with Gasteiger partial charge in [0.15, 0.2) is 0 Å². The van der Waals surface area contributed by atoms with Crippen LogP contribution in [0.1, 0.15) is 0 Å². The zero-order valence-corrected chi connectivity index (χ0v) is 6.57. The van der Waals surface area contributed by atoms with Gasteiger partial charge in [0, 0.05) is 6.07 Å². The molecule has 0 aliphatic heterocycles. The van der Waals surface area contributed by atoms with E-state index in [1.54, 1.807) is 0 Å². The van der Waals surface area contributed by atoms with E-state index < -0.39 is 11.5 Å². The molecule has 0 spiro atoms. The van der Waals surface area contributed by atoms with Gasteiger partial charge in [-0.3, -0.25) is 4.79 Å². The standard InChI is InChI=1S/C8H6FN3O/c9-5-2-1-3-7-11-6(10)4-8(13)12(5)7/h1-4H,10H2. The molecule has 5 heteroatoms. The predicted octanol–water partition coefficient (Wildman–Crippen LogP) is 0.416. The molecule has 0 saturated heterocycles. The van der Waals surface area contributed by atoms with E-state index in [0.717, 1.165) is 10.5 Å². The van der Waals surface area contributed by atoms with Crippen molar-refractivity contribution in [2.24, 2.45) is 0 Å². The molecule has 2 heterocycles. The summed E-state index contributed by atoms with van der Waals surface area (Å²) in [6, 6.07) is 5.25. The minimum Gasteiger partial charge on any atom is -0.383 e. The van der Waals surface area contributed by atoms with Gasteiger partial charge in [-0.1, -0.05) is 6.07 Å². The topological polar surface area (TPSA) is 60.4 Å². The molecule has 0 aromatic carbocycles. The minimum atomic E-state index is -0.644. The first-order valence-electron chi connectivity index (χ1n) is 3.62. The maximum Gasteiger partial charge on any atom is 0.262 e. The van der Waals surface area contributed by atoms with Gasteiger partial charge in [-0.05, 0) is 12.1 Å². The third-order valence-corrected chi connectivity index (χ3v) is 1.66. The fraction of sp³-hybridized carbons (Fsp3) is 0. The molecule has 0 amide bonds. The second kappa shape index (κ2) is 2.55. The first kappa shape index (κ1) is 7.72. The van der Waals surface area contributed by atoms with Gasteiger partial charge in [-0.15, -0.1) is 0 Å². The second-order valence-corrected chi connectivity index (χ2v) is 2.56. The Balaban J connectivity index is 3.03. The smallest absolute Gasteiger partial charge is 0.262 e. The van der Waals surface area contributed by atoms with Crippen molar-refractivity contribution in [2.45, 2.75) is 0 Å². The first-order chi connectivity index (χ1) is 6.18. The molecule has 66 valence electrons. The molecule has 13 heavy (non-hydrogen) atoms. The van der Waals surface area contributed by atoms with Crippen molar-refractivity contribution in [1.82, 2.24) is 9.38 Å². The van der Waals surface area contributed by atoms with E-state index >= 15 is 0 Å².